The van der Waals surface area contributed by atoms with Crippen LogP contribution < -0.4 is 10.6 Å². The number of nitrogens with one attached hydrogen (secondary N) is 2. The van der Waals surface area contributed by atoms with E-state index in [0.29, 0.717) is 23.4 Å². The lowest BCUT2D eigenvalue weighted by Crippen LogP contribution is -2.15. The summed E-state index contributed by atoms with van der Waals surface area (Å²) < 4.78 is 37.4. The summed E-state index contributed by atoms with van der Waals surface area (Å²) in [6.07, 6.45) is 1.63. The summed E-state index contributed by atoms with van der Waals surface area (Å²) in [5.74, 6) is -1.54. The van der Waals surface area contributed by atoms with Crippen LogP contribution >= 0.6 is 11.6 Å². The van der Waals surface area contributed by atoms with Gasteiger partial charge in [-0.25, -0.2) is 12.8 Å². The van der Waals surface area contributed by atoms with Gasteiger partial charge in [0.05, 0.1) is 15.6 Å². The molecule has 0 radical (unpaired) electrons. The second-order valence-corrected chi connectivity index (χ2v) is 10.3. The first-order chi connectivity index (χ1) is 15.6. The molecule has 0 saturated heterocycles. The molecule has 9 heteroatoms. The van der Waals surface area contributed by atoms with E-state index in [9.17, 15) is 22.4 Å². The van der Waals surface area contributed by atoms with E-state index < -0.39 is 15.7 Å². The third-order valence-electron chi connectivity index (χ3n) is 5.44. The van der Waals surface area contributed by atoms with Gasteiger partial charge in [0.2, 0.25) is 5.91 Å². The predicted molar refractivity (Wildman–Crippen MR) is 125 cm³/mol. The standard InChI is InChI=1S/C24H20ClFN2O4S/c1-33(31,32)16-6-4-5-14(11-16)23(29)28-22-10-9-15(12-20(22)25)27-24(30)19-13-18(19)17-7-2-3-8-21(17)26/h2-12,18-19H,13H2,1H3,(H,27,30)(H,28,29). The maximum Gasteiger partial charge on any atom is 0.255 e. The molecule has 4 rings (SSSR count). The number of hydrogen-bond donors (Lipinski definition) is 2. The van der Waals surface area contributed by atoms with Crippen molar-refractivity contribution < 1.29 is 22.4 Å². The summed E-state index contributed by atoms with van der Waals surface area (Å²) in [6.45, 7) is 0. The monoisotopic (exact) mass is 486 g/mol. The summed E-state index contributed by atoms with van der Waals surface area (Å²) in [4.78, 5) is 25.1. The van der Waals surface area contributed by atoms with Gasteiger partial charge in [0.1, 0.15) is 5.82 Å². The molecule has 2 unspecified atom stereocenters. The molecule has 2 atom stereocenters. The molecule has 0 heterocycles. The third kappa shape index (κ3) is 5.23. The maximum atomic E-state index is 13.9. The Hall–Kier alpha value is -3.23. The van der Waals surface area contributed by atoms with Gasteiger partial charge in [0, 0.05) is 23.4 Å². The third-order valence-corrected chi connectivity index (χ3v) is 6.86. The Kier molecular flexibility index (Phi) is 6.23. The van der Waals surface area contributed by atoms with Crippen molar-refractivity contribution in [2.75, 3.05) is 16.9 Å². The molecule has 1 aliphatic carbocycles. The van der Waals surface area contributed by atoms with Crippen molar-refractivity contribution in [1.29, 1.82) is 0 Å². The van der Waals surface area contributed by atoms with Gasteiger partial charge in [0.25, 0.3) is 5.91 Å². The Morgan fingerprint density at radius 1 is 1.00 bits per heavy atom. The van der Waals surface area contributed by atoms with Crippen molar-refractivity contribution in [3.05, 3.63) is 88.7 Å². The van der Waals surface area contributed by atoms with Crippen molar-refractivity contribution in [1.82, 2.24) is 0 Å². The van der Waals surface area contributed by atoms with Gasteiger partial charge >= 0.3 is 0 Å². The minimum Gasteiger partial charge on any atom is -0.326 e. The molecule has 0 bridgehead atoms. The van der Waals surface area contributed by atoms with E-state index in [2.05, 4.69) is 10.6 Å². The molecule has 2 N–H and O–H groups in total. The number of sulfone groups is 1. The van der Waals surface area contributed by atoms with Crippen LogP contribution in [0.4, 0.5) is 15.8 Å². The van der Waals surface area contributed by atoms with E-state index in [1.165, 1.54) is 42.5 Å². The molecule has 0 aliphatic heterocycles. The van der Waals surface area contributed by atoms with Crippen LogP contribution in [0.3, 0.4) is 0 Å². The SMILES string of the molecule is CS(=O)(=O)c1cccc(C(=O)Nc2ccc(NC(=O)C3CC3c3ccccc3F)cc2Cl)c1. The summed E-state index contributed by atoms with van der Waals surface area (Å²) in [7, 11) is -3.45. The Morgan fingerprint density at radius 2 is 1.76 bits per heavy atom. The number of carbonyl (C=O) groups is 2. The van der Waals surface area contributed by atoms with Crippen molar-refractivity contribution >= 4 is 44.6 Å². The van der Waals surface area contributed by atoms with Crippen LogP contribution in [0.5, 0.6) is 0 Å². The van der Waals surface area contributed by atoms with Gasteiger partial charge in [-0.3, -0.25) is 9.59 Å². The van der Waals surface area contributed by atoms with E-state index in [4.69, 9.17) is 11.6 Å². The Bertz CT molecular complexity index is 1360. The number of anilines is 2. The van der Waals surface area contributed by atoms with E-state index in [-0.39, 0.29) is 39.0 Å². The van der Waals surface area contributed by atoms with Crippen LogP contribution in [0, 0.1) is 11.7 Å². The van der Waals surface area contributed by atoms with Crippen LogP contribution in [-0.2, 0) is 14.6 Å². The van der Waals surface area contributed by atoms with E-state index in [1.54, 1.807) is 24.3 Å². The van der Waals surface area contributed by atoms with Gasteiger partial charge in [-0.15, -0.1) is 0 Å². The molecule has 3 aromatic carbocycles. The zero-order valence-electron chi connectivity index (χ0n) is 17.5. The fourth-order valence-electron chi connectivity index (χ4n) is 3.60. The van der Waals surface area contributed by atoms with Crippen LogP contribution in [0.2, 0.25) is 5.02 Å². The molecule has 1 fully saturated rings. The van der Waals surface area contributed by atoms with Crippen LogP contribution in [0.15, 0.2) is 71.6 Å². The quantitative estimate of drug-likeness (QED) is 0.519. The zero-order chi connectivity index (χ0) is 23.8. The second-order valence-electron chi connectivity index (χ2n) is 7.91. The number of halogens is 2. The minimum atomic E-state index is -3.45. The first-order valence-electron chi connectivity index (χ1n) is 10.1. The van der Waals surface area contributed by atoms with Gasteiger partial charge in [0.15, 0.2) is 9.84 Å². The number of hydrogen-bond acceptors (Lipinski definition) is 4. The second kappa shape index (κ2) is 8.96. The summed E-state index contributed by atoms with van der Waals surface area (Å²) in [5, 5.41) is 5.61. The van der Waals surface area contributed by atoms with Gasteiger partial charge in [-0.05, 0) is 60.4 Å². The summed E-state index contributed by atoms with van der Waals surface area (Å²) in [6, 6.07) is 16.7. The van der Waals surface area contributed by atoms with E-state index >= 15 is 0 Å². The number of carbonyl (C=O) groups excluding carboxylic acids is 2. The number of benzene rings is 3. The van der Waals surface area contributed by atoms with E-state index in [1.807, 2.05) is 0 Å². The lowest BCUT2D eigenvalue weighted by atomic mass is 10.1. The highest BCUT2D eigenvalue weighted by atomic mass is 35.5. The molecule has 0 aromatic heterocycles. The molecule has 1 aliphatic rings. The molecule has 33 heavy (non-hydrogen) atoms. The Labute approximate surface area is 195 Å². The maximum absolute atomic E-state index is 13.9. The smallest absolute Gasteiger partial charge is 0.255 e. The Balaban J connectivity index is 1.41. The highest BCUT2D eigenvalue weighted by molar-refractivity contribution is 7.90. The van der Waals surface area contributed by atoms with Crippen molar-refractivity contribution in [2.45, 2.75) is 17.2 Å². The lowest BCUT2D eigenvalue weighted by molar-refractivity contribution is -0.117. The zero-order valence-corrected chi connectivity index (χ0v) is 19.1. The average Bonchev–Trinajstić information content (AvgIpc) is 3.56. The molecule has 1 saturated carbocycles. The number of amides is 2. The Morgan fingerprint density at radius 3 is 2.45 bits per heavy atom. The molecule has 0 spiro atoms. The summed E-state index contributed by atoms with van der Waals surface area (Å²) in [5.41, 5.74) is 1.45. The first-order valence-corrected chi connectivity index (χ1v) is 12.4. The lowest BCUT2D eigenvalue weighted by Gasteiger charge is -2.11. The van der Waals surface area contributed by atoms with Crippen LogP contribution in [0.25, 0.3) is 0 Å². The van der Waals surface area contributed by atoms with Crippen molar-refractivity contribution in [2.24, 2.45) is 5.92 Å². The van der Waals surface area contributed by atoms with Crippen LogP contribution in [-0.4, -0.2) is 26.5 Å². The minimum absolute atomic E-state index is 0.0353. The van der Waals surface area contributed by atoms with Gasteiger partial charge < -0.3 is 10.6 Å². The van der Waals surface area contributed by atoms with Crippen LogP contribution in [0.1, 0.15) is 28.3 Å². The largest absolute Gasteiger partial charge is 0.326 e. The highest BCUT2D eigenvalue weighted by Crippen LogP contribution is 2.48. The molecular formula is C24H20ClFN2O4S. The van der Waals surface area contributed by atoms with Crippen molar-refractivity contribution in [3.63, 3.8) is 0 Å². The van der Waals surface area contributed by atoms with Gasteiger partial charge in [-0.2, -0.15) is 0 Å². The molecule has 3 aromatic rings. The molecule has 170 valence electrons. The molecule has 6 nitrogen and oxygen atoms in total. The molecular weight excluding hydrogens is 467 g/mol. The fraction of sp³-hybridized carbons (Fsp3) is 0.167. The summed E-state index contributed by atoms with van der Waals surface area (Å²) >= 11 is 6.28. The van der Waals surface area contributed by atoms with E-state index in [0.717, 1.165) is 6.26 Å². The normalized spacial score (nSPS) is 17.3. The van der Waals surface area contributed by atoms with Gasteiger partial charge in [-0.1, -0.05) is 35.9 Å². The average molecular weight is 487 g/mol. The fourth-order valence-corrected chi connectivity index (χ4v) is 4.49. The number of rotatable bonds is 6. The highest BCUT2D eigenvalue weighted by Gasteiger charge is 2.45. The van der Waals surface area contributed by atoms with Crippen molar-refractivity contribution in [3.8, 4) is 0 Å². The topological polar surface area (TPSA) is 92.3 Å². The first kappa shape index (κ1) is 22.9. The molecule has 2 amide bonds. The predicted octanol–water partition coefficient (Wildman–Crippen LogP) is 4.88.